The predicted molar refractivity (Wildman–Crippen MR) is 59.1 cm³/mol. The average Bonchev–Trinajstić information content (AvgIpc) is 2.62. The molecule has 0 aromatic heterocycles. The molecule has 2 atom stereocenters. The van der Waals surface area contributed by atoms with Gasteiger partial charge in [-0.15, -0.1) is 0 Å². The Bertz CT molecular complexity index is 275. The summed E-state index contributed by atoms with van der Waals surface area (Å²) in [5, 5.41) is 20.3. The number of rotatable bonds is 1. The molecule has 0 aromatic rings. The van der Waals surface area contributed by atoms with Crippen LogP contribution in [0.25, 0.3) is 0 Å². The van der Waals surface area contributed by atoms with Crippen LogP contribution in [-0.4, -0.2) is 10.7 Å². The van der Waals surface area contributed by atoms with Crippen molar-refractivity contribution in [1.29, 1.82) is 5.26 Å². The van der Waals surface area contributed by atoms with E-state index in [2.05, 4.69) is 13.0 Å². The van der Waals surface area contributed by atoms with Gasteiger partial charge in [-0.1, -0.05) is 32.6 Å². The van der Waals surface area contributed by atoms with Crippen molar-refractivity contribution in [2.45, 2.75) is 63.9 Å². The Hall–Kier alpha value is -0.550. The van der Waals surface area contributed by atoms with Crippen LogP contribution < -0.4 is 0 Å². The summed E-state index contributed by atoms with van der Waals surface area (Å²) >= 11 is 0. The highest BCUT2D eigenvalue weighted by Gasteiger charge is 2.55. The van der Waals surface area contributed by atoms with E-state index in [9.17, 15) is 10.4 Å². The minimum Gasteiger partial charge on any atom is -0.388 e. The average molecular weight is 207 g/mol. The van der Waals surface area contributed by atoms with Gasteiger partial charge in [0, 0.05) is 0 Å². The molecule has 0 amide bonds. The zero-order valence-corrected chi connectivity index (χ0v) is 9.63. The Morgan fingerprint density at radius 3 is 2.27 bits per heavy atom. The summed E-state index contributed by atoms with van der Waals surface area (Å²) in [4.78, 5) is 0. The molecule has 0 spiro atoms. The summed E-state index contributed by atoms with van der Waals surface area (Å²) in [7, 11) is 0. The largest absolute Gasteiger partial charge is 0.388 e. The predicted octanol–water partition coefficient (Wildman–Crippen LogP) is 3.01. The van der Waals surface area contributed by atoms with E-state index in [0.717, 1.165) is 44.9 Å². The van der Waals surface area contributed by atoms with Crippen molar-refractivity contribution in [3.63, 3.8) is 0 Å². The molecule has 15 heavy (non-hydrogen) atoms. The molecule has 2 saturated carbocycles. The van der Waals surface area contributed by atoms with Crippen molar-refractivity contribution < 1.29 is 5.11 Å². The van der Waals surface area contributed by atoms with Gasteiger partial charge in [0.15, 0.2) is 0 Å². The normalized spacial score (nSPS) is 39.9. The summed E-state index contributed by atoms with van der Waals surface area (Å²) < 4.78 is 0. The molecule has 0 aromatic carbocycles. The highest BCUT2D eigenvalue weighted by Crippen LogP contribution is 2.53. The minimum atomic E-state index is -0.692. The molecular weight excluding hydrogens is 186 g/mol. The second-order valence-electron chi connectivity index (χ2n) is 5.47. The van der Waals surface area contributed by atoms with Crippen molar-refractivity contribution in [2.24, 2.45) is 11.3 Å². The lowest BCUT2D eigenvalue weighted by atomic mass is 9.61. The fraction of sp³-hybridized carbons (Fsp3) is 0.923. The maximum Gasteiger partial charge on any atom is 0.0862 e. The van der Waals surface area contributed by atoms with Crippen LogP contribution in [0.4, 0.5) is 0 Å². The summed E-state index contributed by atoms with van der Waals surface area (Å²) in [6.45, 7) is 2.11. The first-order chi connectivity index (χ1) is 7.15. The molecular formula is C13H21NO. The van der Waals surface area contributed by atoms with Crippen molar-refractivity contribution >= 4 is 0 Å². The maximum absolute atomic E-state index is 10.8. The standard InChI is InChI=1S/C13H21NO/c1-11-6-5-9-13(11,15)12(10-14)7-3-2-4-8-12/h11,15H,2-9H2,1H3. The van der Waals surface area contributed by atoms with Crippen molar-refractivity contribution in [3.05, 3.63) is 0 Å². The van der Waals surface area contributed by atoms with Gasteiger partial charge in [-0.2, -0.15) is 5.26 Å². The molecule has 0 bridgehead atoms. The highest BCUT2D eigenvalue weighted by atomic mass is 16.3. The molecule has 0 heterocycles. The smallest absolute Gasteiger partial charge is 0.0862 e. The van der Waals surface area contributed by atoms with E-state index in [4.69, 9.17) is 0 Å². The minimum absolute atomic E-state index is 0.301. The third kappa shape index (κ3) is 1.49. The van der Waals surface area contributed by atoms with Gasteiger partial charge in [0.25, 0.3) is 0 Å². The van der Waals surface area contributed by atoms with Crippen LogP contribution in [0.1, 0.15) is 58.3 Å². The molecule has 2 aliphatic rings. The first-order valence-electron chi connectivity index (χ1n) is 6.28. The number of aliphatic hydroxyl groups is 1. The van der Waals surface area contributed by atoms with Crippen LogP contribution in [0.3, 0.4) is 0 Å². The molecule has 0 saturated heterocycles. The van der Waals surface area contributed by atoms with E-state index in [0.29, 0.717) is 5.92 Å². The lowest BCUT2D eigenvalue weighted by Gasteiger charge is -2.45. The van der Waals surface area contributed by atoms with E-state index in [1.807, 2.05) is 0 Å². The quantitative estimate of drug-likeness (QED) is 0.718. The van der Waals surface area contributed by atoms with Crippen LogP contribution in [-0.2, 0) is 0 Å². The topological polar surface area (TPSA) is 44.0 Å². The first kappa shape index (κ1) is 11.0. The fourth-order valence-electron chi connectivity index (χ4n) is 3.67. The van der Waals surface area contributed by atoms with Gasteiger partial charge in [-0.05, 0) is 31.6 Å². The highest BCUT2D eigenvalue weighted by molar-refractivity contribution is 5.15. The molecule has 2 fully saturated rings. The molecule has 2 aliphatic carbocycles. The number of hydrogen-bond acceptors (Lipinski definition) is 2. The number of hydrogen-bond donors (Lipinski definition) is 1. The van der Waals surface area contributed by atoms with E-state index in [1.54, 1.807) is 0 Å². The molecule has 0 aliphatic heterocycles. The van der Waals surface area contributed by atoms with Gasteiger partial charge in [-0.3, -0.25) is 0 Å². The molecule has 1 N–H and O–H groups in total. The second kappa shape index (κ2) is 3.79. The van der Waals surface area contributed by atoms with Crippen LogP contribution in [0, 0.1) is 22.7 Å². The molecule has 2 nitrogen and oxygen atoms in total. The van der Waals surface area contributed by atoms with Crippen LogP contribution in [0.2, 0.25) is 0 Å². The van der Waals surface area contributed by atoms with Crippen molar-refractivity contribution in [3.8, 4) is 6.07 Å². The van der Waals surface area contributed by atoms with E-state index < -0.39 is 11.0 Å². The van der Waals surface area contributed by atoms with E-state index in [1.165, 1.54) is 6.42 Å². The lowest BCUT2D eigenvalue weighted by Crippen LogP contribution is -2.50. The van der Waals surface area contributed by atoms with Gasteiger partial charge in [0.1, 0.15) is 0 Å². The molecule has 2 unspecified atom stereocenters. The van der Waals surface area contributed by atoms with Gasteiger partial charge in [0.2, 0.25) is 0 Å². The Morgan fingerprint density at radius 2 is 1.80 bits per heavy atom. The summed E-state index contributed by atoms with van der Waals surface area (Å²) in [6, 6.07) is 2.48. The SMILES string of the molecule is CC1CCCC1(O)C1(C#N)CCCCC1. The van der Waals surface area contributed by atoms with E-state index >= 15 is 0 Å². The molecule has 0 radical (unpaired) electrons. The Morgan fingerprint density at radius 1 is 1.13 bits per heavy atom. The molecule has 2 heteroatoms. The van der Waals surface area contributed by atoms with Crippen molar-refractivity contribution in [1.82, 2.24) is 0 Å². The Balaban J connectivity index is 2.28. The third-order valence-corrected chi connectivity index (χ3v) is 4.76. The monoisotopic (exact) mass is 207 g/mol. The summed E-state index contributed by atoms with van der Waals surface area (Å²) in [6.07, 6.45) is 8.27. The molecule has 84 valence electrons. The Kier molecular flexibility index (Phi) is 2.77. The van der Waals surface area contributed by atoms with Crippen LogP contribution >= 0.6 is 0 Å². The summed E-state index contributed by atoms with van der Waals surface area (Å²) in [5.41, 5.74) is -1.12. The van der Waals surface area contributed by atoms with Crippen LogP contribution in [0.15, 0.2) is 0 Å². The molecule has 2 rings (SSSR count). The van der Waals surface area contributed by atoms with Gasteiger partial charge >= 0.3 is 0 Å². The second-order valence-corrected chi connectivity index (χ2v) is 5.47. The van der Waals surface area contributed by atoms with Gasteiger partial charge in [-0.25, -0.2) is 0 Å². The third-order valence-electron chi connectivity index (χ3n) is 4.76. The summed E-state index contributed by atoms with van der Waals surface area (Å²) in [5.74, 6) is 0.301. The lowest BCUT2D eigenvalue weighted by molar-refractivity contribution is -0.0956. The van der Waals surface area contributed by atoms with Gasteiger partial charge in [0.05, 0.1) is 17.1 Å². The zero-order chi connectivity index (χ0) is 10.9. The zero-order valence-electron chi connectivity index (χ0n) is 9.63. The van der Waals surface area contributed by atoms with Gasteiger partial charge < -0.3 is 5.11 Å². The van der Waals surface area contributed by atoms with E-state index in [-0.39, 0.29) is 0 Å². The maximum atomic E-state index is 10.8. The number of nitrogens with zero attached hydrogens (tertiary/aromatic N) is 1. The Labute approximate surface area is 92.3 Å². The first-order valence-corrected chi connectivity index (χ1v) is 6.28. The van der Waals surface area contributed by atoms with Crippen molar-refractivity contribution in [2.75, 3.05) is 0 Å². The number of nitriles is 1. The van der Waals surface area contributed by atoms with Crippen LogP contribution in [0.5, 0.6) is 0 Å². The fourth-order valence-corrected chi connectivity index (χ4v) is 3.67.